The smallest absolute Gasteiger partial charge is 0.308 e. The molecule has 0 aliphatic rings. The normalized spacial score (nSPS) is 11.4. The number of non-ortho nitro benzene ring substituents is 1. The summed E-state index contributed by atoms with van der Waals surface area (Å²) in [5.41, 5.74) is 1.59. The first kappa shape index (κ1) is 20.8. The number of aryl methyl sites for hydroxylation is 1. The van der Waals surface area contributed by atoms with E-state index in [0.717, 1.165) is 5.56 Å². The van der Waals surface area contributed by atoms with E-state index in [4.69, 9.17) is 4.74 Å². The van der Waals surface area contributed by atoms with Crippen molar-refractivity contribution < 1.29 is 24.0 Å². The summed E-state index contributed by atoms with van der Waals surface area (Å²) in [6, 6.07) is 12.1. The van der Waals surface area contributed by atoms with Crippen LogP contribution in [0.5, 0.6) is 0 Å². The predicted molar refractivity (Wildman–Crippen MR) is 101 cm³/mol. The van der Waals surface area contributed by atoms with Gasteiger partial charge in [-0.05, 0) is 26.0 Å². The zero-order valence-electron chi connectivity index (χ0n) is 15.5. The minimum absolute atomic E-state index is 0.0140. The average Bonchev–Trinajstić information content (AvgIpc) is 2.67. The van der Waals surface area contributed by atoms with Gasteiger partial charge in [0.2, 0.25) is 5.78 Å². The Morgan fingerprint density at radius 3 is 2.18 bits per heavy atom. The Morgan fingerprint density at radius 1 is 1.04 bits per heavy atom. The van der Waals surface area contributed by atoms with Crippen LogP contribution in [0.2, 0.25) is 0 Å². The second-order valence-corrected chi connectivity index (χ2v) is 6.17. The first-order valence-corrected chi connectivity index (χ1v) is 8.61. The maximum absolute atomic E-state index is 12.2. The summed E-state index contributed by atoms with van der Waals surface area (Å²) in [7, 11) is 0. The third-order valence-corrected chi connectivity index (χ3v) is 3.97. The molecule has 0 spiro atoms. The van der Waals surface area contributed by atoms with E-state index in [2.05, 4.69) is 5.32 Å². The second kappa shape index (κ2) is 9.40. The number of nitro groups is 1. The quantitative estimate of drug-likeness (QED) is 0.324. The molecule has 8 nitrogen and oxygen atoms in total. The highest BCUT2D eigenvalue weighted by molar-refractivity contribution is 6.00. The van der Waals surface area contributed by atoms with Crippen LogP contribution in [0.1, 0.15) is 39.6 Å². The molecule has 146 valence electrons. The SMILES string of the molecule is Cc1ccc(C(=O)[C@@H](C)OC(=O)CCNC(=O)c2ccc([N+](=O)[O-])cc2)cc1. The van der Waals surface area contributed by atoms with Gasteiger partial charge < -0.3 is 10.1 Å². The Hall–Kier alpha value is -3.55. The largest absolute Gasteiger partial charge is 0.454 e. The summed E-state index contributed by atoms with van der Waals surface area (Å²) >= 11 is 0. The summed E-state index contributed by atoms with van der Waals surface area (Å²) in [5, 5.41) is 13.1. The van der Waals surface area contributed by atoms with Crippen LogP contribution in [0.4, 0.5) is 5.69 Å². The third-order valence-electron chi connectivity index (χ3n) is 3.97. The first-order valence-electron chi connectivity index (χ1n) is 8.61. The molecule has 0 bridgehead atoms. The van der Waals surface area contributed by atoms with Crippen molar-refractivity contribution in [3.8, 4) is 0 Å². The van der Waals surface area contributed by atoms with Crippen LogP contribution in [0.25, 0.3) is 0 Å². The van der Waals surface area contributed by atoms with E-state index in [-0.39, 0.29) is 30.0 Å². The minimum atomic E-state index is -0.930. The highest BCUT2D eigenvalue weighted by atomic mass is 16.6. The molecule has 8 heteroatoms. The van der Waals surface area contributed by atoms with Crippen molar-refractivity contribution >= 4 is 23.3 Å². The standard InChI is InChI=1S/C20H20N2O6/c1-13-3-5-15(6-4-13)19(24)14(2)28-18(23)11-12-21-20(25)16-7-9-17(10-8-16)22(26)27/h3-10,14H,11-12H2,1-2H3,(H,21,25)/t14-/m1/s1. The van der Waals surface area contributed by atoms with Crippen molar-refractivity contribution in [2.75, 3.05) is 6.54 Å². The number of nitrogens with one attached hydrogen (secondary N) is 1. The summed E-state index contributed by atoms with van der Waals surface area (Å²) in [5.74, 6) is -1.38. The molecular weight excluding hydrogens is 364 g/mol. The van der Waals surface area contributed by atoms with E-state index < -0.39 is 22.9 Å². The van der Waals surface area contributed by atoms with E-state index in [1.807, 2.05) is 6.92 Å². The molecule has 0 fully saturated rings. The molecule has 1 amide bonds. The fourth-order valence-corrected chi connectivity index (χ4v) is 2.38. The van der Waals surface area contributed by atoms with Gasteiger partial charge in [-0.2, -0.15) is 0 Å². The fraction of sp³-hybridized carbons (Fsp3) is 0.250. The summed E-state index contributed by atoms with van der Waals surface area (Å²) < 4.78 is 5.11. The number of carbonyl (C=O) groups excluding carboxylic acids is 3. The lowest BCUT2D eigenvalue weighted by atomic mass is 10.1. The number of esters is 1. The van der Waals surface area contributed by atoms with Crippen molar-refractivity contribution in [3.05, 3.63) is 75.3 Å². The van der Waals surface area contributed by atoms with Gasteiger partial charge in [0.25, 0.3) is 11.6 Å². The first-order chi connectivity index (χ1) is 13.3. The molecule has 0 radical (unpaired) electrons. The number of Topliss-reactive ketones (excluding diaryl/α,β-unsaturated/α-hetero) is 1. The number of ether oxygens (including phenoxy) is 1. The highest BCUT2D eigenvalue weighted by Gasteiger charge is 2.19. The second-order valence-electron chi connectivity index (χ2n) is 6.17. The van der Waals surface area contributed by atoms with Crippen LogP contribution < -0.4 is 5.32 Å². The van der Waals surface area contributed by atoms with Gasteiger partial charge in [-0.1, -0.05) is 29.8 Å². The van der Waals surface area contributed by atoms with Gasteiger partial charge in [0, 0.05) is 29.8 Å². The number of hydrogen-bond acceptors (Lipinski definition) is 6. The number of carbonyl (C=O) groups is 3. The number of benzene rings is 2. The third kappa shape index (κ3) is 5.73. The van der Waals surface area contributed by atoms with Crippen molar-refractivity contribution in [2.24, 2.45) is 0 Å². The summed E-state index contributed by atoms with van der Waals surface area (Å²) in [6.45, 7) is 3.42. The predicted octanol–water partition coefficient (Wildman–Crippen LogP) is 2.84. The van der Waals surface area contributed by atoms with Gasteiger partial charge in [0.1, 0.15) is 0 Å². The molecule has 0 heterocycles. The molecule has 0 aliphatic heterocycles. The van der Waals surface area contributed by atoms with Crippen molar-refractivity contribution in [1.29, 1.82) is 0 Å². The molecule has 0 saturated carbocycles. The minimum Gasteiger partial charge on any atom is -0.454 e. The Labute approximate surface area is 161 Å². The molecule has 0 saturated heterocycles. The van der Waals surface area contributed by atoms with E-state index >= 15 is 0 Å². The molecule has 28 heavy (non-hydrogen) atoms. The average molecular weight is 384 g/mol. The number of hydrogen-bond donors (Lipinski definition) is 1. The molecule has 1 atom stereocenters. The molecule has 2 aromatic rings. The van der Waals surface area contributed by atoms with E-state index in [1.54, 1.807) is 24.3 Å². The number of ketones is 1. The summed E-state index contributed by atoms with van der Waals surface area (Å²) in [6.07, 6.45) is -1.04. The lowest BCUT2D eigenvalue weighted by Gasteiger charge is -2.13. The Balaban J connectivity index is 1.78. The molecule has 1 N–H and O–H groups in total. The van der Waals surface area contributed by atoms with Crippen molar-refractivity contribution in [3.63, 3.8) is 0 Å². The molecule has 0 unspecified atom stereocenters. The van der Waals surface area contributed by atoms with Crippen LogP contribution in [0, 0.1) is 17.0 Å². The fourth-order valence-electron chi connectivity index (χ4n) is 2.38. The van der Waals surface area contributed by atoms with Gasteiger partial charge in [-0.25, -0.2) is 0 Å². The van der Waals surface area contributed by atoms with Crippen LogP contribution in [-0.4, -0.2) is 35.2 Å². The van der Waals surface area contributed by atoms with Crippen molar-refractivity contribution in [2.45, 2.75) is 26.4 Å². The number of nitrogens with zero attached hydrogens (tertiary/aromatic N) is 1. The number of nitro benzene ring substituents is 1. The zero-order chi connectivity index (χ0) is 20.7. The Bertz CT molecular complexity index is 875. The monoisotopic (exact) mass is 384 g/mol. The van der Waals surface area contributed by atoms with Gasteiger partial charge in [0.05, 0.1) is 11.3 Å². The molecular formula is C20H20N2O6. The summed E-state index contributed by atoms with van der Waals surface area (Å²) in [4.78, 5) is 46.1. The lowest BCUT2D eigenvalue weighted by Crippen LogP contribution is -2.29. The Kier molecular flexibility index (Phi) is 6.97. The zero-order valence-corrected chi connectivity index (χ0v) is 15.5. The maximum Gasteiger partial charge on any atom is 0.308 e. The van der Waals surface area contributed by atoms with E-state index in [9.17, 15) is 24.5 Å². The van der Waals surface area contributed by atoms with Gasteiger partial charge in [0.15, 0.2) is 6.10 Å². The maximum atomic E-state index is 12.2. The number of amides is 1. The molecule has 0 aliphatic carbocycles. The van der Waals surface area contributed by atoms with Gasteiger partial charge in [-0.3, -0.25) is 24.5 Å². The van der Waals surface area contributed by atoms with Crippen LogP contribution in [0.3, 0.4) is 0 Å². The van der Waals surface area contributed by atoms with Gasteiger partial charge in [-0.15, -0.1) is 0 Å². The van der Waals surface area contributed by atoms with Crippen LogP contribution in [0.15, 0.2) is 48.5 Å². The molecule has 0 aromatic heterocycles. The van der Waals surface area contributed by atoms with Gasteiger partial charge >= 0.3 is 5.97 Å². The van der Waals surface area contributed by atoms with Crippen LogP contribution >= 0.6 is 0 Å². The van der Waals surface area contributed by atoms with Crippen LogP contribution in [-0.2, 0) is 9.53 Å². The van der Waals surface area contributed by atoms with E-state index in [0.29, 0.717) is 5.56 Å². The highest BCUT2D eigenvalue weighted by Crippen LogP contribution is 2.12. The lowest BCUT2D eigenvalue weighted by molar-refractivity contribution is -0.384. The van der Waals surface area contributed by atoms with Crippen molar-refractivity contribution in [1.82, 2.24) is 5.32 Å². The van der Waals surface area contributed by atoms with E-state index in [1.165, 1.54) is 31.2 Å². The molecule has 2 rings (SSSR count). The topological polar surface area (TPSA) is 116 Å². The number of rotatable bonds is 8. The molecule has 2 aromatic carbocycles. The Morgan fingerprint density at radius 2 is 1.61 bits per heavy atom.